The highest BCUT2D eigenvalue weighted by atomic mass is 79.9. The lowest BCUT2D eigenvalue weighted by Gasteiger charge is -2.09. The number of halogens is 1. The molecule has 4 nitrogen and oxygen atoms in total. The van der Waals surface area contributed by atoms with Gasteiger partial charge in [0.2, 0.25) is 5.88 Å². The first-order chi connectivity index (χ1) is 9.51. The average molecular weight is 336 g/mol. The van der Waals surface area contributed by atoms with Crippen molar-refractivity contribution in [3.63, 3.8) is 0 Å². The van der Waals surface area contributed by atoms with Crippen molar-refractivity contribution in [2.24, 2.45) is 0 Å². The summed E-state index contributed by atoms with van der Waals surface area (Å²) in [6.45, 7) is 3.72. The molecule has 0 amide bonds. The summed E-state index contributed by atoms with van der Waals surface area (Å²) in [5.74, 6) is 0.737. The second-order valence-electron chi connectivity index (χ2n) is 4.29. The third-order valence-corrected chi connectivity index (χ3v) is 3.71. The predicted molar refractivity (Wildman–Crippen MR) is 79.3 cm³/mol. The average Bonchev–Trinajstić information content (AvgIpc) is 2.42. The minimum atomic E-state index is -0.402. The maximum absolute atomic E-state index is 11.5. The van der Waals surface area contributed by atoms with Crippen molar-refractivity contribution in [2.45, 2.75) is 13.8 Å². The second-order valence-corrected chi connectivity index (χ2v) is 5.14. The lowest BCUT2D eigenvalue weighted by atomic mass is 10.2. The number of pyridine rings is 1. The molecule has 0 saturated carbocycles. The van der Waals surface area contributed by atoms with Gasteiger partial charge >= 0.3 is 5.97 Å². The highest BCUT2D eigenvalue weighted by Crippen LogP contribution is 2.25. The van der Waals surface area contributed by atoms with Crippen molar-refractivity contribution in [1.29, 1.82) is 0 Å². The molecule has 0 N–H and O–H groups in total. The quantitative estimate of drug-likeness (QED) is 0.794. The van der Waals surface area contributed by atoms with Gasteiger partial charge in [0, 0.05) is 10.5 Å². The van der Waals surface area contributed by atoms with Crippen molar-refractivity contribution >= 4 is 21.9 Å². The minimum absolute atomic E-state index is 0.402. The number of aromatic nitrogens is 1. The van der Waals surface area contributed by atoms with Crippen LogP contribution in [0.3, 0.4) is 0 Å². The Bertz CT molecular complexity index is 656. The van der Waals surface area contributed by atoms with Crippen molar-refractivity contribution in [2.75, 3.05) is 7.11 Å². The lowest BCUT2D eigenvalue weighted by molar-refractivity contribution is 0.0599. The number of benzene rings is 1. The summed E-state index contributed by atoms with van der Waals surface area (Å²) in [6.07, 6.45) is 0. The number of carbonyl (C=O) groups is 1. The zero-order valence-electron chi connectivity index (χ0n) is 11.4. The molecule has 2 rings (SSSR count). The topological polar surface area (TPSA) is 48.4 Å². The summed E-state index contributed by atoms with van der Waals surface area (Å²) in [4.78, 5) is 15.7. The molecule has 104 valence electrons. The molecule has 0 atom stereocenters. The Morgan fingerprint density at radius 3 is 2.55 bits per heavy atom. The molecule has 0 aliphatic rings. The van der Waals surface area contributed by atoms with Crippen LogP contribution in [-0.2, 0) is 4.74 Å². The number of methoxy groups -OCH3 is 1. The van der Waals surface area contributed by atoms with Gasteiger partial charge in [-0.05, 0) is 43.7 Å². The molecule has 1 heterocycles. The lowest BCUT2D eigenvalue weighted by Crippen LogP contribution is -2.05. The van der Waals surface area contributed by atoms with E-state index in [1.54, 1.807) is 19.1 Å². The summed E-state index contributed by atoms with van der Waals surface area (Å²) >= 11 is 3.44. The van der Waals surface area contributed by atoms with E-state index in [1.807, 2.05) is 25.1 Å². The van der Waals surface area contributed by atoms with Crippen LogP contribution in [0, 0.1) is 13.8 Å². The minimum Gasteiger partial charge on any atom is -0.465 e. The summed E-state index contributed by atoms with van der Waals surface area (Å²) < 4.78 is 11.4. The first kappa shape index (κ1) is 14.5. The molecule has 0 fully saturated rings. The van der Waals surface area contributed by atoms with Crippen LogP contribution in [0.1, 0.15) is 21.6 Å². The van der Waals surface area contributed by atoms with Gasteiger partial charge in [-0.3, -0.25) is 0 Å². The Morgan fingerprint density at radius 2 is 1.95 bits per heavy atom. The van der Waals surface area contributed by atoms with Crippen molar-refractivity contribution in [3.05, 3.63) is 51.6 Å². The number of ether oxygens (including phenoxy) is 2. The standard InChI is InChI=1S/C15H14BrNO3/c1-9-8-11(4-6-13(9)16)20-14-7-5-12(10(2)17-14)15(18)19-3/h4-8H,1-3H3. The largest absolute Gasteiger partial charge is 0.465 e. The molecule has 2 aromatic rings. The number of hydrogen-bond acceptors (Lipinski definition) is 4. The Morgan fingerprint density at radius 1 is 1.20 bits per heavy atom. The highest BCUT2D eigenvalue weighted by Gasteiger charge is 2.11. The summed E-state index contributed by atoms with van der Waals surface area (Å²) in [5.41, 5.74) is 2.08. The van der Waals surface area contributed by atoms with Gasteiger partial charge < -0.3 is 9.47 Å². The molecule has 1 aromatic carbocycles. The summed E-state index contributed by atoms with van der Waals surface area (Å²) in [5, 5.41) is 0. The van der Waals surface area contributed by atoms with Gasteiger partial charge in [-0.2, -0.15) is 0 Å². The fraction of sp³-hybridized carbons (Fsp3) is 0.200. The van der Waals surface area contributed by atoms with Gasteiger partial charge in [0.15, 0.2) is 0 Å². The zero-order chi connectivity index (χ0) is 14.7. The van der Waals surface area contributed by atoms with Gasteiger partial charge in [-0.1, -0.05) is 15.9 Å². The Hall–Kier alpha value is -1.88. The van der Waals surface area contributed by atoms with Gasteiger partial charge in [-0.25, -0.2) is 9.78 Å². The zero-order valence-corrected chi connectivity index (χ0v) is 13.0. The predicted octanol–water partition coefficient (Wildman–Crippen LogP) is 4.04. The number of nitrogens with zero attached hydrogens (tertiary/aromatic N) is 1. The fourth-order valence-corrected chi connectivity index (χ4v) is 1.97. The SMILES string of the molecule is COC(=O)c1ccc(Oc2ccc(Br)c(C)c2)nc1C. The van der Waals surface area contributed by atoms with Crippen LogP contribution in [0.4, 0.5) is 0 Å². The number of hydrogen-bond donors (Lipinski definition) is 0. The van der Waals surface area contributed by atoms with E-state index < -0.39 is 5.97 Å². The molecule has 0 aliphatic carbocycles. The number of carbonyl (C=O) groups excluding carboxylic acids is 1. The van der Waals surface area contributed by atoms with Crippen LogP contribution in [0.25, 0.3) is 0 Å². The van der Waals surface area contributed by atoms with E-state index in [9.17, 15) is 4.79 Å². The van der Waals surface area contributed by atoms with Crippen LogP contribution < -0.4 is 4.74 Å². The van der Waals surface area contributed by atoms with Crippen molar-refractivity contribution in [1.82, 2.24) is 4.98 Å². The second kappa shape index (κ2) is 6.05. The summed E-state index contributed by atoms with van der Waals surface area (Å²) in [6, 6.07) is 8.98. The van der Waals surface area contributed by atoms with Gasteiger partial charge in [0.1, 0.15) is 5.75 Å². The van der Waals surface area contributed by atoms with Crippen LogP contribution in [0.2, 0.25) is 0 Å². The number of esters is 1. The van der Waals surface area contributed by atoms with Crippen molar-refractivity contribution in [3.8, 4) is 11.6 Å². The molecule has 0 spiro atoms. The Balaban J connectivity index is 2.24. The van der Waals surface area contributed by atoms with E-state index >= 15 is 0 Å². The highest BCUT2D eigenvalue weighted by molar-refractivity contribution is 9.10. The van der Waals surface area contributed by atoms with Gasteiger partial charge in [-0.15, -0.1) is 0 Å². The molecule has 1 aromatic heterocycles. The Kier molecular flexibility index (Phi) is 4.39. The molecule has 0 radical (unpaired) electrons. The van der Waals surface area contributed by atoms with Crippen LogP contribution >= 0.6 is 15.9 Å². The van der Waals surface area contributed by atoms with E-state index in [2.05, 4.69) is 25.7 Å². The molecule has 20 heavy (non-hydrogen) atoms. The van der Waals surface area contributed by atoms with Crippen molar-refractivity contribution < 1.29 is 14.3 Å². The number of rotatable bonds is 3. The third-order valence-electron chi connectivity index (χ3n) is 2.82. The number of aryl methyl sites for hydroxylation is 2. The van der Waals surface area contributed by atoms with Gasteiger partial charge in [0.25, 0.3) is 0 Å². The Labute approximate surface area is 125 Å². The first-order valence-electron chi connectivity index (χ1n) is 6.01. The van der Waals surface area contributed by atoms with Gasteiger partial charge in [0.05, 0.1) is 18.4 Å². The van der Waals surface area contributed by atoms with E-state index in [1.165, 1.54) is 7.11 Å². The normalized spacial score (nSPS) is 10.2. The maximum Gasteiger partial charge on any atom is 0.339 e. The molecule has 5 heteroatoms. The summed E-state index contributed by atoms with van der Waals surface area (Å²) in [7, 11) is 1.34. The van der Waals surface area contributed by atoms with E-state index in [4.69, 9.17) is 4.74 Å². The smallest absolute Gasteiger partial charge is 0.339 e. The van der Waals surface area contributed by atoms with Crippen LogP contribution in [0.15, 0.2) is 34.8 Å². The monoisotopic (exact) mass is 335 g/mol. The molecule has 0 aliphatic heterocycles. The van der Waals surface area contributed by atoms with E-state index in [0.29, 0.717) is 22.9 Å². The molecular formula is C15H14BrNO3. The van der Waals surface area contributed by atoms with Crippen LogP contribution in [-0.4, -0.2) is 18.1 Å². The molecule has 0 saturated heterocycles. The van der Waals surface area contributed by atoms with E-state index in [-0.39, 0.29) is 0 Å². The maximum atomic E-state index is 11.5. The molecule has 0 bridgehead atoms. The fourth-order valence-electron chi connectivity index (χ4n) is 1.72. The molecular weight excluding hydrogens is 322 g/mol. The van der Waals surface area contributed by atoms with Crippen LogP contribution in [0.5, 0.6) is 11.6 Å². The van der Waals surface area contributed by atoms with E-state index in [0.717, 1.165) is 10.0 Å². The molecule has 0 unspecified atom stereocenters. The third kappa shape index (κ3) is 3.17. The first-order valence-corrected chi connectivity index (χ1v) is 6.80.